The van der Waals surface area contributed by atoms with Crippen LogP contribution >= 0.6 is 0 Å². The van der Waals surface area contributed by atoms with Crippen LogP contribution in [0.4, 0.5) is 5.69 Å². The summed E-state index contributed by atoms with van der Waals surface area (Å²) in [7, 11) is 4.84. The van der Waals surface area contributed by atoms with Gasteiger partial charge in [-0.25, -0.2) is 9.69 Å². The molecule has 2 aliphatic heterocycles. The minimum Gasteiger partial charge on any atom is -0.461 e. The van der Waals surface area contributed by atoms with Gasteiger partial charge in [0, 0.05) is 75.2 Å². The second-order valence-electron chi connectivity index (χ2n) is 15.7. The molecule has 7 fully saturated rings. The zero-order chi connectivity index (χ0) is 34.1. The lowest BCUT2D eigenvalue weighted by atomic mass is 9.42. The predicted molar refractivity (Wildman–Crippen MR) is 170 cm³/mol. The van der Waals surface area contributed by atoms with Gasteiger partial charge < -0.3 is 34.3 Å². The number of likely N-dealkylation sites (N-methyl/N-ethyl adjacent to an activating group) is 1. The van der Waals surface area contributed by atoms with Gasteiger partial charge in [-0.2, -0.15) is 0 Å². The fourth-order valence-corrected chi connectivity index (χ4v) is 12.9. The van der Waals surface area contributed by atoms with Crippen molar-refractivity contribution in [2.24, 2.45) is 40.4 Å². The fourth-order valence-electron chi connectivity index (χ4n) is 12.9. The number of aliphatic hydroxyl groups is 3. The van der Waals surface area contributed by atoms with Gasteiger partial charge in [0.2, 0.25) is 11.8 Å². The number of carbonyl (C=O) groups is 3. The maximum Gasteiger partial charge on any atom is 0.340 e. The average Bonchev–Trinajstić information content (AvgIpc) is 3.61. The van der Waals surface area contributed by atoms with E-state index in [2.05, 4.69) is 4.90 Å². The summed E-state index contributed by atoms with van der Waals surface area (Å²) in [6.45, 7) is 4.71. The molecule has 2 saturated heterocycles. The van der Waals surface area contributed by atoms with Gasteiger partial charge in [-0.1, -0.05) is 26.0 Å². The summed E-state index contributed by atoms with van der Waals surface area (Å²) < 4.78 is 24.6. The van der Waals surface area contributed by atoms with E-state index in [-0.39, 0.29) is 66.6 Å². The molecule has 2 heterocycles. The van der Waals surface area contributed by atoms with E-state index in [1.54, 1.807) is 52.5 Å². The number of nitrogens with zero attached hydrogens (tertiary/aromatic N) is 2. The van der Waals surface area contributed by atoms with Crippen molar-refractivity contribution < 1.29 is 48.7 Å². The lowest BCUT2D eigenvalue weighted by Gasteiger charge is -2.69. The number of rotatable bonds is 8. The molecule has 1 unspecified atom stereocenters. The number of para-hydroxylation sites is 1. The summed E-state index contributed by atoms with van der Waals surface area (Å²) in [4.78, 5) is 43.0. The Hall–Kier alpha value is -2.45. The summed E-state index contributed by atoms with van der Waals surface area (Å²) in [5, 5.41) is 38.6. The third kappa shape index (κ3) is 3.62. The van der Waals surface area contributed by atoms with Gasteiger partial charge in [-0.15, -0.1) is 0 Å². The first kappa shape index (κ1) is 32.7. The van der Waals surface area contributed by atoms with Gasteiger partial charge in [0.15, 0.2) is 0 Å². The molecule has 0 aromatic heterocycles. The highest BCUT2D eigenvalue weighted by atomic mass is 16.5. The monoisotopic (exact) mass is 668 g/mol. The van der Waals surface area contributed by atoms with Crippen molar-refractivity contribution in [3.05, 3.63) is 29.8 Å². The van der Waals surface area contributed by atoms with Crippen LogP contribution in [0.25, 0.3) is 0 Å². The van der Waals surface area contributed by atoms with E-state index in [0.717, 1.165) is 4.90 Å². The van der Waals surface area contributed by atoms with Crippen molar-refractivity contribution in [2.45, 2.75) is 87.6 Å². The first-order chi connectivity index (χ1) is 22.9. The molecule has 8 rings (SSSR count). The zero-order valence-electron chi connectivity index (χ0n) is 28.3. The van der Waals surface area contributed by atoms with Crippen molar-refractivity contribution in [1.82, 2.24) is 4.90 Å². The molecule has 12 nitrogen and oxygen atoms in total. The summed E-state index contributed by atoms with van der Waals surface area (Å²) in [5.74, 6) is -2.94. The number of anilines is 1. The number of methoxy groups -OCH3 is 3. The smallest absolute Gasteiger partial charge is 0.340 e. The van der Waals surface area contributed by atoms with Crippen LogP contribution in [0, 0.1) is 40.4 Å². The highest BCUT2D eigenvalue weighted by Gasteiger charge is 2.91. The molecule has 5 saturated carbocycles. The number of aliphatic hydroxyl groups excluding tert-OH is 1. The lowest BCUT2D eigenvalue weighted by molar-refractivity contribution is -0.318. The van der Waals surface area contributed by atoms with Crippen LogP contribution in [-0.4, -0.2) is 121 Å². The molecule has 1 spiro atoms. The minimum atomic E-state index is -1.77. The molecule has 5 aliphatic carbocycles. The number of benzene rings is 1. The van der Waals surface area contributed by atoms with Crippen LogP contribution in [0.1, 0.15) is 56.3 Å². The molecule has 48 heavy (non-hydrogen) atoms. The van der Waals surface area contributed by atoms with Crippen molar-refractivity contribution >= 4 is 23.5 Å². The number of likely N-dealkylation sites (tertiary alicyclic amines) is 1. The predicted octanol–water partition coefficient (Wildman–Crippen LogP) is 1.38. The van der Waals surface area contributed by atoms with Crippen LogP contribution in [0.3, 0.4) is 0 Å². The molecule has 2 amide bonds. The molecular formula is C36H48N2O10. The Morgan fingerprint density at radius 1 is 1.08 bits per heavy atom. The largest absolute Gasteiger partial charge is 0.461 e. The Morgan fingerprint density at radius 3 is 2.48 bits per heavy atom. The van der Waals surface area contributed by atoms with E-state index in [0.29, 0.717) is 32.4 Å². The Bertz CT molecular complexity index is 1540. The molecule has 7 bridgehead atoms. The van der Waals surface area contributed by atoms with Gasteiger partial charge in [-0.05, 0) is 43.9 Å². The van der Waals surface area contributed by atoms with Crippen LogP contribution < -0.4 is 4.90 Å². The van der Waals surface area contributed by atoms with Crippen molar-refractivity contribution in [2.75, 3.05) is 45.9 Å². The van der Waals surface area contributed by atoms with Crippen molar-refractivity contribution in [1.29, 1.82) is 0 Å². The summed E-state index contributed by atoms with van der Waals surface area (Å²) in [6, 6.07) is 5.91. The maximum absolute atomic E-state index is 14.0. The van der Waals surface area contributed by atoms with Crippen LogP contribution in [0.5, 0.6) is 0 Å². The van der Waals surface area contributed by atoms with E-state index in [1.165, 1.54) is 0 Å². The van der Waals surface area contributed by atoms with Crippen molar-refractivity contribution in [3.63, 3.8) is 0 Å². The topological polar surface area (TPSA) is 155 Å². The van der Waals surface area contributed by atoms with Gasteiger partial charge in [0.1, 0.15) is 11.2 Å². The average molecular weight is 669 g/mol. The summed E-state index contributed by atoms with van der Waals surface area (Å²) in [6.07, 6.45) is -0.440. The maximum atomic E-state index is 14.0. The third-order valence-corrected chi connectivity index (χ3v) is 14.3. The number of carbonyl (C=O) groups excluding carboxylic acids is 3. The van der Waals surface area contributed by atoms with E-state index >= 15 is 0 Å². The van der Waals surface area contributed by atoms with Crippen LogP contribution in [-0.2, 0) is 28.5 Å². The van der Waals surface area contributed by atoms with E-state index in [4.69, 9.17) is 18.9 Å². The molecule has 12 heteroatoms. The fraction of sp³-hybridized carbons (Fsp3) is 0.750. The number of piperidine rings is 1. The molecule has 14 atom stereocenters. The number of ether oxygens (including phenoxy) is 4. The van der Waals surface area contributed by atoms with E-state index < -0.39 is 64.0 Å². The van der Waals surface area contributed by atoms with E-state index in [9.17, 15) is 29.7 Å². The van der Waals surface area contributed by atoms with Gasteiger partial charge in [0.05, 0.1) is 48.3 Å². The van der Waals surface area contributed by atoms with Crippen LogP contribution in [0.15, 0.2) is 24.3 Å². The minimum absolute atomic E-state index is 0.0130. The van der Waals surface area contributed by atoms with Gasteiger partial charge in [-0.3, -0.25) is 14.5 Å². The standard InChI is InChI=1S/C36H48N2O10/c1-6-37-16-33(17-48-31(42)19-9-7-8-10-22(19)38-25(40)13-18(2)30(38)41)12-11-24(39)35-21-14-20-23(45-3)15-34(43,26(21)27(20)46-4)36(44,32(35)37)29(47-5)28(33)35/h7-10,18,20-21,23-24,26-29,32,39,43-44H,6,11-17H2,1-5H3/t18-,20+,21+,23-,24-,26+,27-,28+,29-,32?,33-,34+,35-,36+/m0/s1. The number of fused-ring (bicyclic) bond motifs is 2. The van der Waals surface area contributed by atoms with Gasteiger partial charge >= 0.3 is 5.97 Å². The Balaban J connectivity index is 1.22. The molecule has 262 valence electrons. The molecular weight excluding hydrogens is 620 g/mol. The first-order valence-electron chi connectivity index (χ1n) is 17.5. The van der Waals surface area contributed by atoms with Crippen molar-refractivity contribution in [3.8, 4) is 0 Å². The van der Waals surface area contributed by atoms with E-state index in [1.807, 2.05) is 6.92 Å². The molecule has 0 radical (unpaired) electrons. The highest BCUT2D eigenvalue weighted by molar-refractivity contribution is 6.22. The summed E-state index contributed by atoms with van der Waals surface area (Å²) in [5.41, 5.74) is -4.67. The molecule has 1 aromatic carbocycles. The first-order valence-corrected chi connectivity index (χ1v) is 17.5. The number of amides is 2. The molecule has 7 aliphatic rings. The SMILES string of the molecule is CCN1C[C@]2(COC(=O)c3ccccc3N3C(=O)C[C@H](C)C3=O)CC[C@H](O)[C@]34C1[C@](O)([C@@H](OC)[C@H]23)[C@@]1(O)C[C@H](OC)[C@H]2C[C@@H]4[C@@H]1[C@H]2OC. The normalized spacial score (nSPS) is 48.7. The molecule has 3 N–H and O–H groups in total. The Kier molecular flexibility index (Phi) is 7.35. The number of hydrogen-bond donors (Lipinski definition) is 3. The number of esters is 1. The second kappa shape index (κ2) is 10.8. The Morgan fingerprint density at radius 2 is 1.83 bits per heavy atom. The van der Waals surface area contributed by atoms with Gasteiger partial charge in [0.25, 0.3) is 0 Å². The summed E-state index contributed by atoms with van der Waals surface area (Å²) >= 11 is 0. The molecule has 1 aromatic rings. The highest BCUT2D eigenvalue weighted by Crippen LogP contribution is 2.80. The number of imide groups is 1. The third-order valence-electron chi connectivity index (χ3n) is 14.3. The Labute approximate surface area is 280 Å². The quantitative estimate of drug-likeness (QED) is 0.272. The second-order valence-corrected chi connectivity index (χ2v) is 15.7. The van der Waals surface area contributed by atoms with Crippen LogP contribution in [0.2, 0.25) is 0 Å². The lowest BCUT2D eigenvalue weighted by Crippen LogP contribution is -2.82. The zero-order valence-corrected chi connectivity index (χ0v) is 28.3. The number of hydrogen-bond acceptors (Lipinski definition) is 11.